The number of carbonyl (C=O) groups is 1. The highest BCUT2D eigenvalue weighted by Gasteiger charge is 2.38. The molecule has 0 unspecified atom stereocenters. The summed E-state index contributed by atoms with van der Waals surface area (Å²) in [5.74, 6) is -2.00. The third-order valence-corrected chi connectivity index (χ3v) is 4.05. The molecule has 0 aliphatic carbocycles. The molecule has 0 radical (unpaired) electrons. The maximum absolute atomic E-state index is 10.6. The molecule has 0 fully saturated rings. The van der Waals surface area contributed by atoms with E-state index in [1.165, 1.54) is 0 Å². The van der Waals surface area contributed by atoms with E-state index in [4.69, 9.17) is 9.90 Å². The summed E-state index contributed by atoms with van der Waals surface area (Å²) in [6.45, 7) is 1.98. The van der Waals surface area contributed by atoms with Crippen LogP contribution in [0.1, 0.15) is 5.69 Å². The van der Waals surface area contributed by atoms with Crippen LogP contribution in [-0.2, 0) is 4.79 Å². The molecule has 4 aromatic rings. The number of nitrogens with one attached hydrogen (secondary N) is 2. The fourth-order valence-electron chi connectivity index (χ4n) is 2.59. The Kier molecular flexibility index (Phi) is 5.95. The number of nitrogens with zero attached hydrogens (tertiary/aromatic N) is 3. The first-order valence-electron chi connectivity index (χ1n) is 8.63. The van der Waals surface area contributed by atoms with E-state index in [1.807, 2.05) is 49.6 Å². The Labute approximate surface area is 168 Å². The lowest BCUT2D eigenvalue weighted by Gasteiger charge is -2.02. The number of benzene rings is 1. The maximum atomic E-state index is 10.6. The Hall–Kier alpha value is -3.95. The van der Waals surface area contributed by atoms with Crippen LogP contribution in [0.15, 0.2) is 61.1 Å². The summed E-state index contributed by atoms with van der Waals surface area (Å²) >= 11 is 0. The summed E-state index contributed by atoms with van der Waals surface area (Å²) < 4.78 is 31.7. The normalized spacial score (nSPS) is 10.9. The molecule has 4 rings (SSSR count). The second-order valence-electron chi connectivity index (χ2n) is 6.13. The van der Waals surface area contributed by atoms with Crippen LogP contribution in [0.2, 0.25) is 0 Å². The molecule has 10 heteroatoms. The maximum Gasteiger partial charge on any atom is 0.490 e. The van der Waals surface area contributed by atoms with E-state index >= 15 is 0 Å². The molecule has 30 heavy (non-hydrogen) atoms. The Morgan fingerprint density at radius 1 is 1.07 bits per heavy atom. The van der Waals surface area contributed by atoms with Crippen LogP contribution < -0.4 is 0 Å². The second-order valence-corrected chi connectivity index (χ2v) is 6.13. The Morgan fingerprint density at radius 2 is 1.77 bits per heavy atom. The van der Waals surface area contributed by atoms with Crippen LogP contribution in [0.25, 0.3) is 33.9 Å². The molecule has 0 bridgehead atoms. The van der Waals surface area contributed by atoms with Gasteiger partial charge in [0.05, 0.1) is 17.6 Å². The third kappa shape index (κ3) is 4.90. The van der Waals surface area contributed by atoms with Crippen LogP contribution >= 0.6 is 0 Å². The zero-order chi connectivity index (χ0) is 21.7. The first-order valence-corrected chi connectivity index (χ1v) is 8.63. The van der Waals surface area contributed by atoms with Crippen molar-refractivity contribution >= 4 is 5.97 Å². The van der Waals surface area contributed by atoms with Gasteiger partial charge >= 0.3 is 12.1 Å². The molecule has 0 saturated carbocycles. The van der Waals surface area contributed by atoms with Gasteiger partial charge in [-0.15, -0.1) is 0 Å². The van der Waals surface area contributed by atoms with Crippen molar-refractivity contribution < 1.29 is 23.1 Å². The molecule has 1 aromatic carbocycles. The molecule has 0 aliphatic heterocycles. The number of pyridine rings is 1. The van der Waals surface area contributed by atoms with Crippen molar-refractivity contribution in [2.24, 2.45) is 0 Å². The van der Waals surface area contributed by atoms with Crippen molar-refractivity contribution in [2.75, 3.05) is 0 Å². The van der Waals surface area contributed by atoms with E-state index < -0.39 is 12.1 Å². The molecular weight excluding hydrogens is 399 g/mol. The highest BCUT2D eigenvalue weighted by atomic mass is 19.4. The smallest absolute Gasteiger partial charge is 0.475 e. The second kappa shape index (κ2) is 8.60. The molecule has 3 N–H and O–H groups in total. The van der Waals surface area contributed by atoms with Gasteiger partial charge in [0.15, 0.2) is 5.82 Å². The highest BCUT2D eigenvalue weighted by molar-refractivity contribution is 5.73. The van der Waals surface area contributed by atoms with Crippen molar-refractivity contribution in [3.8, 4) is 33.9 Å². The molecule has 0 amide bonds. The minimum atomic E-state index is -5.08. The van der Waals surface area contributed by atoms with Crippen LogP contribution in [0, 0.1) is 6.92 Å². The zero-order valence-electron chi connectivity index (χ0n) is 15.6. The number of rotatable bonds is 3. The van der Waals surface area contributed by atoms with Gasteiger partial charge < -0.3 is 10.1 Å². The highest BCUT2D eigenvalue weighted by Crippen LogP contribution is 2.26. The largest absolute Gasteiger partial charge is 0.490 e. The molecule has 3 aromatic heterocycles. The molecule has 0 atom stereocenters. The van der Waals surface area contributed by atoms with E-state index in [1.54, 1.807) is 6.20 Å². The van der Waals surface area contributed by atoms with Gasteiger partial charge in [-0.3, -0.25) is 10.1 Å². The number of H-pyrrole nitrogens is 2. The predicted octanol–water partition coefficient (Wildman–Crippen LogP) is 4.47. The molecule has 0 spiro atoms. The minimum absolute atomic E-state index is 0.756. The molecule has 0 aliphatic rings. The number of imidazole rings is 1. The number of alkyl halides is 3. The first kappa shape index (κ1) is 20.8. The Morgan fingerprint density at radius 3 is 2.37 bits per heavy atom. The lowest BCUT2D eigenvalue weighted by molar-refractivity contribution is -0.192. The van der Waals surface area contributed by atoms with Crippen LogP contribution in [-0.4, -0.2) is 42.4 Å². The van der Waals surface area contributed by atoms with Crippen molar-refractivity contribution in [2.45, 2.75) is 13.1 Å². The topological polar surface area (TPSA) is 108 Å². The standard InChI is InChI=1S/C18H15N5.C2HF3O2/c1-12-15(10-21-23-12)14-7-8-19-16(9-14)18-20-11-17(22-18)13-5-3-2-4-6-13;3-2(4,5)1(6)7/h2-11H,1H3,(H,20,22)(H,21,23);(H,6,7). The summed E-state index contributed by atoms with van der Waals surface area (Å²) in [4.78, 5) is 21.1. The fourth-order valence-corrected chi connectivity index (χ4v) is 2.59. The monoisotopic (exact) mass is 415 g/mol. The van der Waals surface area contributed by atoms with Crippen LogP contribution in [0.5, 0.6) is 0 Å². The number of hydrogen-bond donors (Lipinski definition) is 3. The van der Waals surface area contributed by atoms with E-state index in [2.05, 4.69) is 37.3 Å². The van der Waals surface area contributed by atoms with Gasteiger partial charge in [0.25, 0.3) is 0 Å². The van der Waals surface area contributed by atoms with Gasteiger partial charge in [-0.05, 0) is 30.2 Å². The number of carboxylic acids is 1. The van der Waals surface area contributed by atoms with Crippen LogP contribution in [0.3, 0.4) is 0 Å². The SMILES string of the molecule is Cc1n[nH]cc1-c1ccnc(-c2ncc(-c3ccccc3)[nH]2)c1.O=C(O)C(F)(F)F. The summed E-state index contributed by atoms with van der Waals surface area (Å²) in [7, 11) is 0. The first-order chi connectivity index (χ1) is 14.3. The summed E-state index contributed by atoms with van der Waals surface area (Å²) in [5, 5.41) is 14.2. The molecule has 3 heterocycles. The number of aromatic amines is 2. The lowest BCUT2D eigenvalue weighted by atomic mass is 10.1. The summed E-state index contributed by atoms with van der Waals surface area (Å²) in [5.41, 5.74) is 6.00. The van der Waals surface area contributed by atoms with Gasteiger partial charge in [-0.2, -0.15) is 18.3 Å². The molecule has 154 valence electrons. The zero-order valence-corrected chi connectivity index (χ0v) is 15.6. The Bertz CT molecular complexity index is 1140. The number of hydrogen-bond acceptors (Lipinski definition) is 4. The predicted molar refractivity (Wildman–Crippen MR) is 103 cm³/mol. The van der Waals surface area contributed by atoms with Gasteiger partial charge in [0.1, 0.15) is 5.69 Å². The number of aliphatic carboxylic acids is 1. The molecular formula is C20H16F3N5O2. The summed E-state index contributed by atoms with van der Waals surface area (Å²) in [6.07, 6.45) is 0.440. The van der Waals surface area contributed by atoms with Crippen molar-refractivity contribution in [3.63, 3.8) is 0 Å². The van der Waals surface area contributed by atoms with Crippen molar-refractivity contribution in [1.29, 1.82) is 0 Å². The quantitative estimate of drug-likeness (QED) is 0.458. The van der Waals surface area contributed by atoms with Crippen molar-refractivity contribution in [1.82, 2.24) is 25.1 Å². The summed E-state index contributed by atoms with van der Waals surface area (Å²) in [6, 6.07) is 14.1. The van der Waals surface area contributed by atoms with Crippen molar-refractivity contribution in [3.05, 3.63) is 66.7 Å². The average Bonchev–Trinajstić information content (AvgIpc) is 3.38. The minimum Gasteiger partial charge on any atom is -0.475 e. The average molecular weight is 415 g/mol. The van der Waals surface area contributed by atoms with Gasteiger partial charge in [0.2, 0.25) is 0 Å². The van der Waals surface area contributed by atoms with Gasteiger partial charge in [-0.1, -0.05) is 30.3 Å². The van der Waals surface area contributed by atoms with E-state index in [-0.39, 0.29) is 0 Å². The Balaban J connectivity index is 0.000000318. The number of aromatic nitrogens is 5. The molecule has 0 saturated heterocycles. The number of aryl methyl sites for hydroxylation is 1. The fraction of sp³-hybridized carbons (Fsp3) is 0.100. The number of carboxylic acid groups (broad SMARTS) is 1. The third-order valence-electron chi connectivity index (χ3n) is 4.05. The van der Waals surface area contributed by atoms with E-state index in [9.17, 15) is 13.2 Å². The van der Waals surface area contributed by atoms with Crippen LogP contribution in [0.4, 0.5) is 13.2 Å². The van der Waals surface area contributed by atoms with E-state index in [0.717, 1.165) is 39.6 Å². The van der Waals surface area contributed by atoms with E-state index in [0.29, 0.717) is 0 Å². The van der Waals surface area contributed by atoms with Gasteiger partial charge in [0, 0.05) is 18.0 Å². The molecule has 7 nitrogen and oxygen atoms in total. The number of halogens is 3. The lowest BCUT2D eigenvalue weighted by Crippen LogP contribution is -2.21. The van der Waals surface area contributed by atoms with Gasteiger partial charge in [-0.25, -0.2) is 9.78 Å².